The largest absolute Gasteiger partial charge is 0.340 e. The van der Waals surface area contributed by atoms with Crippen molar-refractivity contribution in [2.24, 2.45) is 0 Å². The minimum absolute atomic E-state index is 0.0699. The molecule has 7 heteroatoms. The van der Waals surface area contributed by atoms with Crippen molar-refractivity contribution < 1.29 is 14.4 Å². The summed E-state index contributed by atoms with van der Waals surface area (Å²) in [5, 5.41) is 2.96. The van der Waals surface area contributed by atoms with E-state index in [1.807, 2.05) is 84.6 Å². The minimum Gasteiger partial charge on any atom is -0.340 e. The topological polar surface area (TPSA) is 73.0 Å². The lowest BCUT2D eigenvalue weighted by atomic mass is 9.98. The highest BCUT2D eigenvalue weighted by molar-refractivity contribution is 6.09. The number of para-hydroxylation sites is 1. The van der Waals surface area contributed by atoms with Crippen LogP contribution in [0.25, 0.3) is 11.1 Å². The lowest BCUT2D eigenvalue weighted by molar-refractivity contribution is -0.132. The molecule has 1 N–H and O–H groups in total. The van der Waals surface area contributed by atoms with E-state index >= 15 is 0 Å². The molecule has 0 atom stereocenters. The Kier molecular flexibility index (Phi) is 8.79. The van der Waals surface area contributed by atoms with E-state index in [2.05, 4.69) is 17.3 Å². The van der Waals surface area contributed by atoms with Gasteiger partial charge in [0.25, 0.3) is 11.8 Å². The van der Waals surface area contributed by atoms with E-state index in [-0.39, 0.29) is 24.1 Å². The lowest BCUT2D eigenvalue weighted by Gasteiger charge is -2.32. The molecule has 0 spiro atoms. The standard InChI is InChI=1S/C35H36N4O3/c1-25-12-14-26(15-13-25)30-9-5-6-10-31(30)34(41)36-29-18-16-27(17-19-29)35(42)38(3)32-11-7-4-8-28(32)24-33(40)39-22-20-37(2)21-23-39/h4-19H,20-24H2,1-3H3,(H,36,41). The SMILES string of the molecule is Cc1ccc(-c2ccccc2C(=O)Nc2ccc(C(=O)N(C)c3ccccc3CC(=O)N3CCN(C)CC3)cc2)cc1. The molecule has 1 heterocycles. The minimum atomic E-state index is -0.221. The molecule has 3 amide bonds. The number of carbonyl (C=O) groups excluding carboxylic acids is 3. The van der Waals surface area contributed by atoms with Crippen LogP contribution in [0.1, 0.15) is 31.8 Å². The van der Waals surface area contributed by atoms with Crippen molar-refractivity contribution in [1.82, 2.24) is 9.80 Å². The molecule has 0 unspecified atom stereocenters. The Labute approximate surface area is 247 Å². The molecule has 214 valence electrons. The summed E-state index contributed by atoms with van der Waals surface area (Å²) in [5.74, 6) is -0.348. The van der Waals surface area contributed by atoms with Crippen LogP contribution in [-0.4, -0.2) is 67.8 Å². The van der Waals surface area contributed by atoms with E-state index in [9.17, 15) is 14.4 Å². The van der Waals surface area contributed by atoms with Gasteiger partial charge in [0.15, 0.2) is 0 Å². The van der Waals surface area contributed by atoms with Crippen LogP contribution in [0.2, 0.25) is 0 Å². The lowest BCUT2D eigenvalue weighted by Crippen LogP contribution is -2.47. The average molecular weight is 561 g/mol. The molecule has 1 aliphatic rings. The predicted octanol–water partition coefficient (Wildman–Crippen LogP) is 5.51. The van der Waals surface area contributed by atoms with E-state index in [4.69, 9.17) is 0 Å². The quantitative estimate of drug-likeness (QED) is 0.324. The van der Waals surface area contributed by atoms with Gasteiger partial charge in [0.1, 0.15) is 0 Å². The van der Waals surface area contributed by atoms with Gasteiger partial charge in [-0.3, -0.25) is 14.4 Å². The molecular formula is C35H36N4O3. The van der Waals surface area contributed by atoms with Crippen LogP contribution in [-0.2, 0) is 11.2 Å². The van der Waals surface area contributed by atoms with Crippen LogP contribution in [0.4, 0.5) is 11.4 Å². The molecule has 42 heavy (non-hydrogen) atoms. The van der Waals surface area contributed by atoms with Crippen LogP contribution in [0, 0.1) is 6.92 Å². The fourth-order valence-electron chi connectivity index (χ4n) is 5.18. The molecule has 7 nitrogen and oxygen atoms in total. The zero-order valence-corrected chi connectivity index (χ0v) is 24.3. The van der Waals surface area contributed by atoms with Gasteiger partial charge in [0.05, 0.1) is 6.42 Å². The number of nitrogens with one attached hydrogen (secondary N) is 1. The Morgan fingerprint density at radius 2 is 1.43 bits per heavy atom. The Bertz CT molecular complexity index is 1570. The van der Waals surface area contributed by atoms with Gasteiger partial charge >= 0.3 is 0 Å². The van der Waals surface area contributed by atoms with E-state index in [1.54, 1.807) is 36.2 Å². The van der Waals surface area contributed by atoms with Crippen molar-refractivity contribution in [3.8, 4) is 11.1 Å². The Hall–Kier alpha value is -4.75. The summed E-state index contributed by atoms with van der Waals surface area (Å²) < 4.78 is 0. The smallest absolute Gasteiger partial charge is 0.258 e. The molecule has 1 saturated heterocycles. The zero-order valence-electron chi connectivity index (χ0n) is 24.3. The second kappa shape index (κ2) is 12.8. The number of aryl methyl sites for hydroxylation is 1. The Morgan fingerprint density at radius 3 is 2.14 bits per heavy atom. The van der Waals surface area contributed by atoms with E-state index in [1.165, 1.54) is 0 Å². The van der Waals surface area contributed by atoms with Crippen molar-refractivity contribution in [2.75, 3.05) is 50.5 Å². The molecule has 0 aromatic heterocycles. The van der Waals surface area contributed by atoms with Crippen LogP contribution in [0.5, 0.6) is 0 Å². The fraction of sp³-hybridized carbons (Fsp3) is 0.229. The number of amides is 3. The highest BCUT2D eigenvalue weighted by Crippen LogP contribution is 2.26. The molecular weight excluding hydrogens is 524 g/mol. The molecule has 4 aromatic rings. The third kappa shape index (κ3) is 6.58. The summed E-state index contributed by atoms with van der Waals surface area (Å²) >= 11 is 0. The summed E-state index contributed by atoms with van der Waals surface area (Å²) in [6.45, 7) is 5.19. The molecule has 0 bridgehead atoms. The molecule has 0 aliphatic carbocycles. The number of anilines is 2. The normalized spacial score (nSPS) is 13.5. The van der Waals surface area contributed by atoms with Crippen LogP contribution in [0.15, 0.2) is 97.1 Å². The highest BCUT2D eigenvalue weighted by atomic mass is 16.2. The van der Waals surface area contributed by atoms with Crippen LogP contribution < -0.4 is 10.2 Å². The number of likely N-dealkylation sites (N-methyl/N-ethyl adjacent to an activating group) is 1. The van der Waals surface area contributed by atoms with Gasteiger partial charge in [-0.2, -0.15) is 0 Å². The Morgan fingerprint density at radius 1 is 0.786 bits per heavy atom. The first-order chi connectivity index (χ1) is 20.3. The molecule has 1 fully saturated rings. The maximum Gasteiger partial charge on any atom is 0.258 e. The fourth-order valence-corrected chi connectivity index (χ4v) is 5.18. The van der Waals surface area contributed by atoms with Crippen molar-refractivity contribution in [3.05, 3.63) is 119 Å². The molecule has 5 rings (SSSR count). The predicted molar refractivity (Wildman–Crippen MR) is 168 cm³/mol. The first-order valence-corrected chi connectivity index (χ1v) is 14.2. The van der Waals surface area contributed by atoms with Crippen molar-refractivity contribution in [2.45, 2.75) is 13.3 Å². The van der Waals surface area contributed by atoms with Gasteiger partial charge in [-0.1, -0.05) is 66.2 Å². The van der Waals surface area contributed by atoms with Crippen molar-refractivity contribution in [1.29, 1.82) is 0 Å². The number of piperazine rings is 1. The van der Waals surface area contributed by atoms with Crippen LogP contribution in [0.3, 0.4) is 0 Å². The first kappa shape index (κ1) is 28.8. The van der Waals surface area contributed by atoms with E-state index in [0.29, 0.717) is 35.6 Å². The summed E-state index contributed by atoms with van der Waals surface area (Å²) in [7, 11) is 3.78. The van der Waals surface area contributed by atoms with Gasteiger partial charge in [0.2, 0.25) is 5.91 Å². The highest BCUT2D eigenvalue weighted by Gasteiger charge is 2.22. The second-order valence-electron chi connectivity index (χ2n) is 10.8. The number of hydrogen-bond acceptors (Lipinski definition) is 4. The third-order valence-corrected chi connectivity index (χ3v) is 7.78. The number of hydrogen-bond donors (Lipinski definition) is 1. The molecule has 0 saturated carbocycles. The summed E-state index contributed by atoms with van der Waals surface area (Å²) in [6.07, 6.45) is 0.243. The molecule has 0 radical (unpaired) electrons. The maximum atomic E-state index is 13.4. The first-order valence-electron chi connectivity index (χ1n) is 14.2. The molecule has 4 aromatic carbocycles. The summed E-state index contributed by atoms with van der Waals surface area (Å²) in [5.41, 5.74) is 6.15. The van der Waals surface area contributed by atoms with E-state index < -0.39 is 0 Å². The summed E-state index contributed by atoms with van der Waals surface area (Å²) in [4.78, 5) is 45.4. The van der Waals surface area contributed by atoms with E-state index in [0.717, 1.165) is 35.3 Å². The maximum absolute atomic E-state index is 13.4. The summed E-state index contributed by atoms with van der Waals surface area (Å²) in [6, 6.07) is 30.0. The van der Waals surface area contributed by atoms with Gasteiger partial charge in [-0.15, -0.1) is 0 Å². The number of carbonyl (C=O) groups is 3. The monoisotopic (exact) mass is 560 g/mol. The number of nitrogens with zero attached hydrogens (tertiary/aromatic N) is 3. The number of rotatable bonds is 7. The van der Waals surface area contributed by atoms with Gasteiger partial charge in [-0.25, -0.2) is 0 Å². The van der Waals surface area contributed by atoms with Gasteiger partial charge in [-0.05, 0) is 67.1 Å². The van der Waals surface area contributed by atoms with Gasteiger partial charge < -0.3 is 20.0 Å². The molecule has 1 aliphatic heterocycles. The van der Waals surface area contributed by atoms with Crippen molar-refractivity contribution in [3.63, 3.8) is 0 Å². The van der Waals surface area contributed by atoms with Gasteiger partial charge in [0, 0.05) is 55.7 Å². The van der Waals surface area contributed by atoms with Crippen LogP contribution >= 0.6 is 0 Å². The second-order valence-corrected chi connectivity index (χ2v) is 10.8. The number of benzene rings is 4. The Balaban J connectivity index is 1.27. The van der Waals surface area contributed by atoms with Crippen molar-refractivity contribution >= 4 is 29.1 Å². The average Bonchev–Trinajstić information content (AvgIpc) is 3.01. The zero-order chi connectivity index (χ0) is 29.6. The third-order valence-electron chi connectivity index (χ3n) is 7.78.